The van der Waals surface area contributed by atoms with Crippen molar-refractivity contribution in [3.8, 4) is 0 Å². The Balaban J connectivity index is 1.46. The van der Waals surface area contributed by atoms with Gasteiger partial charge in [0.1, 0.15) is 6.26 Å². The first-order valence-electron chi connectivity index (χ1n) is 9.40. The van der Waals surface area contributed by atoms with E-state index in [1.54, 1.807) is 0 Å². The Morgan fingerprint density at radius 3 is 2.74 bits per heavy atom. The summed E-state index contributed by atoms with van der Waals surface area (Å²) in [5.41, 5.74) is 2.53. The van der Waals surface area contributed by atoms with Crippen LogP contribution in [-0.4, -0.2) is 64.6 Å². The van der Waals surface area contributed by atoms with Gasteiger partial charge in [-0.3, -0.25) is 14.6 Å². The van der Waals surface area contributed by atoms with Gasteiger partial charge in [-0.2, -0.15) is 0 Å². The zero-order chi connectivity index (χ0) is 19.2. The molecule has 0 spiro atoms. The van der Waals surface area contributed by atoms with Gasteiger partial charge < -0.3 is 14.8 Å². The van der Waals surface area contributed by atoms with Gasteiger partial charge in [0.2, 0.25) is 5.89 Å². The molecule has 2 N–H and O–H groups in total. The molecule has 7 heteroatoms. The van der Waals surface area contributed by atoms with E-state index >= 15 is 0 Å². The van der Waals surface area contributed by atoms with E-state index < -0.39 is 0 Å². The molecule has 1 aromatic heterocycles. The Labute approximate surface area is 160 Å². The van der Waals surface area contributed by atoms with Crippen molar-refractivity contribution < 1.29 is 14.3 Å². The molecule has 1 unspecified atom stereocenters. The van der Waals surface area contributed by atoms with E-state index in [2.05, 4.69) is 20.1 Å². The molecule has 146 valence electrons. The molecular weight excluding hydrogens is 344 g/mol. The van der Waals surface area contributed by atoms with Gasteiger partial charge in [-0.25, -0.2) is 4.98 Å². The maximum Gasteiger partial charge on any atom is 0.273 e. The van der Waals surface area contributed by atoms with Crippen LogP contribution in [0, 0.1) is 6.92 Å². The summed E-state index contributed by atoms with van der Waals surface area (Å²) in [4.78, 5) is 21.1. The van der Waals surface area contributed by atoms with Crippen molar-refractivity contribution in [1.29, 1.82) is 0 Å². The van der Waals surface area contributed by atoms with Crippen LogP contribution in [0.5, 0.6) is 0 Å². The van der Waals surface area contributed by atoms with Gasteiger partial charge in [-0.1, -0.05) is 29.8 Å². The summed E-state index contributed by atoms with van der Waals surface area (Å²) in [5, 5.41) is 12.4. The zero-order valence-corrected chi connectivity index (χ0v) is 16.0. The molecule has 0 bridgehead atoms. The molecule has 1 saturated heterocycles. The quantitative estimate of drug-likeness (QED) is 0.765. The lowest BCUT2D eigenvalue weighted by molar-refractivity contribution is 0.0747. The highest BCUT2D eigenvalue weighted by atomic mass is 16.3. The highest BCUT2D eigenvalue weighted by Gasteiger charge is 2.20. The predicted octanol–water partition coefficient (Wildman–Crippen LogP) is 1.41. The topological polar surface area (TPSA) is 81.8 Å². The summed E-state index contributed by atoms with van der Waals surface area (Å²) in [5.74, 6) is 0.327. The molecule has 1 atom stereocenters. The highest BCUT2D eigenvalue weighted by Crippen LogP contribution is 2.10. The maximum atomic E-state index is 12.3. The average molecular weight is 372 g/mol. The molecule has 0 aliphatic carbocycles. The van der Waals surface area contributed by atoms with E-state index in [-0.39, 0.29) is 12.0 Å². The Hall–Kier alpha value is -2.22. The molecule has 0 saturated carbocycles. The van der Waals surface area contributed by atoms with E-state index in [4.69, 9.17) is 4.42 Å². The Bertz CT molecular complexity index is 751. The van der Waals surface area contributed by atoms with Crippen molar-refractivity contribution in [2.45, 2.75) is 33.0 Å². The number of benzene rings is 1. The van der Waals surface area contributed by atoms with Crippen LogP contribution in [0.25, 0.3) is 0 Å². The number of hydrogen-bond acceptors (Lipinski definition) is 6. The van der Waals surface area contributed by atoms with Crippen LogP contribution in [-0.2, 0) is 13.1 Å². The van der Waals surface area contributed by atoms with Crippen LogP contribution in [0.1, 0.15) is 34.4 Å². The van der Waals surface area contributed by atoms with Crippen LogP contribution in [0.3, 0.4) is 0 Å². The van der Waals surface area contributed by atoms with Crippen molar-refractivity contribution in [2.24, 2.45) is 0 Å². The Morgan fingerprint density at radius 2 is 2.04 bits per heavy atom. The second-order valence-electron chi connectivity index (χ2n) is 7.22. The summed E-state index contributed by atoms with van der Waals surface area (Å²) in [6.45, 7) is 9.21. The zero-order valence-electron chi connectivity index (χ0n) is 16.0. The predicted molar refractivity (Wildman–Crippen MR) is 102 cm³/mol. The van der Waals surface area contributed by atoms with E-state index in [9.17, 15) is 9.90 Å². The lowest BCUT2D eigenvalue weighted by Crippen LogP contribution is -2.47. The molecule has 1 aliphatic heterocycles. The van der Waals surface area contributed by atoms with Crippen LogP contribution >= 0.6 is 0 Å². The third-order valence-corrected chi connectivity index (χ3v) is 4.67. The number of hydrogen-bond donors (Lipinski definition) is 2. The van der Waals surface area contributed by atoms with Crippen molar-refractivity contribution in [3.63, 3.8) is 0 Å². The molecule has 3 rings (SSSR count). The molecule has 27 heavy (non-hydrogen) atoms. The largest absolute Gasteiger partial charge is 0.447 e. The van der Waals surface area contributed by atoms with Crippen LogP contribution in [0.15, 0.2) is 34.9 Å². The molecule has 7 nitrogen and oxygen atoms in total. The van der Waals surface area contributed by atoms with E-state index in [0.717, 1.165) is 31.7 Å². The number of aryl methyl sites for hydroxylation is 1. The summed E-state index contributed by atoms with van der Waals surface area (Å²) in [7, 11) is 0. The van der Waals surface area contributed by atoms with Crippen molar-refractivity contribution in [1.82, 2.24) is 20.1 Å². The number of piperazine rings is 1. The van der Waals surface area contributed by atoms with Crippen molar-refractivity contribution >= 4 is 5.91 Å². The fourth-order valence-electron chi connectivity index (χ4n) is 3.28. The lowest BCUT2D eigenvalue weighted by Gasteiger charge is -2.34. The molecule has 1 aliphatic rings. The number of rotatable bonds is 7. The summed E-state index contributed by atoms with van der Waals surface area (Å²) in [6, 6.07) is 8.04. The third kappa shape index (κ3) is 5.89. The van der Waals surface area contributed by atoms with Gasteiger partial charge in [0.05, 0.1) is 12.6 Å². The van der Waals surface area contributed by atoms with Crippen molar-refractivity contribution in [2.75, 3.05) is 32.7 Å². The number of β-amino-alcohol motifs (C(OH)–C–C–N with tert-alkyl or cyclic N) is 1. The minimum atomic E-state index is -0.302. The average Bonchev–Trinajstić information content (AvgIpc) is 3.10. The number of oxazole rings is 1. The van der Waals surface area contributed by atoms with E-state index in [1.165, 1.54) is 11.8 Å². The molecule has 0 radical (unpaired) electrons. The first-order chi connectivity index (χ1) is 13.0. The normalized spacial score (nSPS) is 17.0. The summed E-state index contributed by atoms with van der Waals surface area (Å²) in [6.07, 6.45) is 1.12. The number of nitrogens with zero attached hydrogens (tertiary/aromatic N) is 3. The minimum absolute atomic E-state index is 0.228. The highest BCUT2D eigenvalue weighted by molar-refractivity contribution is 5.91. The fourth-order valence-corrected chi connectivity index (χ4v) is 3.28. The number of nitrogens with one attached hydrogen (secondary N) is 1. The SMILES string of the molecule is Cc1cccc(CNC(=O)c2coc(CN3CCN(CC(C)O)CC3)n2)c1. The maximum absolute atomic E-state index is 12.3. The van der Waals surface area contributed by atoms with Gasteiger partial charge in [0.15, 0.2) is 5.69 Å². The molecule has 1 amide bonds. The van der Waals surface area contributed by atoms with Gasteiger partial charge in [0.25, 0.3) is 5.91 Å². The van der Waals surface area contributed by atoms with Crippen LogP contribution in [0.4, 0.5) is 0 Å². The Kier molecular flexibility index (Phi) is 6.60. The number of carbonyl (C=O) groups excluding carboxylic acids is 1. The second kappa shape index (κ2) is 9.12. The molecular formula is C20H28N4O3. The monoisotopic (exact) mass is 372 g/mol. The first kappa shape index (κ1) is 19.5. The molecule has 2 heterocycles. The Morgan fingerprint density at radius 1 is 1.30 bits per heavy atom. The fraction of sp³-hybridized carbons (Fsp3) is 0.500. The number of amides is 1. The van der Waals surface area contributed by atoms with Gasteiger partial charge >= 0.3 is 0 Å². The first-order valence-corrected chi connectivity index (χ1v) is 9.40. The molecule has 1 aromatic carbocycles. The van der Waals surface area contributed by atoms with Gasteiger partial charge in [-0.05, 0) is 19.4 Å². The third-order valence-electron chi connectivity index (χ3n) is 4.67. The smallest absolute Gasteiger partial charge is 0.273 e. The van der Waals surface area contributed by atoms with Crippen molar-refractivity contribution in [3.05, 3.63) is 53.2 Å². The minimum Gasteiger partial charge on any atom is -0.447 e. The van der Waals surface area contributed by atoms with Gasteiger partial charge in [-0.15, -0.1) is 0 Å². The van der Waals surface area contributed by atoms with Crippen LogP contribution in [0.2, 0.25) is 0 Å². The molecule has 1 fully saturated rings. The standard InChI is InChI=1S/C20H28N4O3/c1-15-4-3-5-17(10-15)11-21-20(26)18-14-27-19(22-18)13-24-8-6-23(7-9-24)12-16(2)25/h3-5,10,14,16,25H,6-9,11-13H2,1-2H3,(H,21,26). The number of aliphatic hydroxyl groups excluding tert-OH is 1. The molecule has 2 aromatic rings. The van der Waals surface area contributed by atoms with E-state index in [1.807, 2.05) is 38.1 Å². The number of carbonyl (C=O) groups is 1. The van der Waals surface area contributed by atoms with E-state index in [0.29, 0.717) is 31.2 Å². The second-order valence-corrected chi connectivity index (χ2v) is 7.22. The van der Waals surface area contributed by atoms with Crippen LogP contribution < -0.4 is 5.32 Å². The number of aliphatic hydroxyl groups is 1. The summed E-state index contributed by atoms with van der Waals surface area (Å²) < 4.78 is 5.48. The van der Waals surface area contributed by atoms with Gasteiger partial charge in [0, 0.05) is 39.3 Å². The summed E-state index contributed by atoms with van der Waals surface area (Å²) >= 11 is 0. The lowest BCUT2D eigenvalue weighted by atomic mass is 10.1. The number of aromatic nitrogens is 1.